The summed E-state index contributed by atoms with van der Waals surface area (Å²) < 4.78 is 43.9. The van der Waals surface area contributed by atoms with E-state index in [2.05, 4.69) is 20.5 Å². The van der Waals surface area contributed by atoms with Gasteiger partial charge in [0.1, 0.15) is 11.4 Å². The van der Waals surface area contributed by atoms with Crippen molar-refractivity contribution in [3.8, 4) is 11.4 Å². The second kappa shape index (κ2) is 10.3. The van der Waals surface area contributed by atoms with Crippen LogP contribution in [0.3, 0.4) is 0 Å². The minimum Gasteiger partial charge on any atom is -0.406 e. The van der Waals surface area contributed by atoms with Crippen LogP contribution in [0.2, 0.25) is 0 Å². The molecule has 9 nitrogen and oxygen atoms in total. The van der Waals surface area contributed by atoms with E-state index in [4.69, 9.17) is 0 Å². The molecule has 0 radical (unpaired) electrons. The van der Waals surface area contributed by atoms with Crippen molar-refractivity contribution in [1.29, 1.82) is 0 Å². The molecule has 190 valence electrons. The molecule has 0 saturated carbocycles. The monoisotopic (exact) mass is 503 g/mol. The number of anilines is 2. The summed E-state index contributed by atoms with van der Waals surface area (Å²) in [5.41, 5.74) is 1.09. The molecule has 0 unspecified atom stereocenters. The Balaban J connectivity index is 1.64. The summed E-state index contributed by atoms with van der Waals surface area (Å²) in [5, 5.41) is 9.99. The fourth-order valence-electron chi connectivity index (χ4n) is 4.11. The van der Waals surface area contributed by atoms with E-state index in [1.807, 2.05) is 0 Å². The van der Waals surface area contributed by atoms with Gasteiger partial charge in [0, 0.05) is 37.3 Å². The Morgan fingerprint density at radius 1 is 1.08 bits per heavy atom. The fourth-order valence-corrected chi connectivity index (χ4v) is 4.11. The molecule has 2 aromatic heterocycles. The third-order valence-corrected chi connectivity index (χ3v) is 5.82. The molecule has 36 heavy (non-hydrogen) atoms. The molecule has 1 aliphatic rings. The molecular weight excluding hydrogens is 479 g/mol. The number of aromatic nitrogens is 3. The number of pyridine rings is 1. The highest BCUT2D eigenvalue weighted by atomic mass is 19.4. The molecule has 1 aliphatic carbocycles. The lowest BCUT2D eigenvalue weighted by Gasteiger charge is -2.15. The van der Waals surface area contributed by atoms with Gasteiger partial charge in [-0.15, -0.1) is 18.3 Å². The van der Waals surface area contributed by atoms with Crippen LogP contribution in [0, 0.1) is 0 Å². The maximum atomic E-state index is 13.1. The number of nitrogens with zero attached hydrogens (tertiary/aromatic N) is 3. The van der Waals surface area contributed by atoms with Gasteiger partial charge in [-0.1, -0.05) is 0 Å². The average Bonchev–Trinajstić information content (AvgIpc) is 3.33. The normalized spacial score (nSPS) is 12.8. The minimum atomic E-state index is -4.83. The first-order valence-electron chi connectivity index (χ1n) is 11.3. The van der Waals surface area contributed by atoms with Gasteiger partial charge in [0.2, 0.25) is 5.91 Å². The van der Waals surface area contributed by atoms with Gasteiger partial charge in [0.25, 0.3) is 11.1 Å². The van der Waals surface area contributed by atoms with Crippen LogP contribution in [0.15, 0.2) is 52.2 Å². The van der Waals surface area contributed by atoms with Crippen LogP contribution in [0.4, 0.5) is 24.7 Å². The summed E-state index contributed by atoms with van der Waals surface area (Å²) in [6.45, 7) is 0.346. The van der Waals surface area contributed by atoms with Crippen LogP contribution in [0.5, 0.6) is 5.75 Å². The number of hydrogen-bond acceptors (Lipinski definition) is 6. The number of nitrogens with one attached hydrogen (secondary N) is 2. The molecular formula is C24H24F3N5O4. The van der Waals surface area contributed by atoms with E-state index < -0.39 is 12.1 Å². The molecule has 12 heteroatoms. The zero-order valence-electron chi connectivity index (χ0n) is 19.4. The Morgan fingerprint density at radius 2 is 1.81 bits per heavy atom. The molecule has 0 spiro atoms. The topological polar surface area (TPSA) is 107 Å². The van der Waals surface area contributed by atoms with Gasteiger partial charge in [0.15, 0.2) is 5.82 Å². The predicted octanol–water partition coefficient (Wildman–Crippen LogP) is 3.05. The Hall–Kier alpha value is -4.09. The molecule has 1 amide bonds. The SMILES string of the molecule is CNC(=O)CCCn1cccc(Nc2nn(-c3ccc(OC(F)(F)F)cc3)c(=O)c3c2CCC3)c1=O. The van der Waals surface area contributed by atoms with E-state index in [9.17, 15) is 27.6 Å². The van der Waals surface area contributed by atoms with Crippen molar-refractivity contribution in [1.82, 2.24) is 19.7 Å². The molecule has 3 aromatic rings. The highest BCUT2D eigenvalue weighted by molar-refractivity contribution is 5.75. The number of benzene rings is 1. The maximum Gasteiger partial charge on any atom is 0.573 e. The van der Waals surface area contributed by atoms with Gasteiger partial charge in [0.05, 0.1) is 5.69 Å². The zero-order chi connectivity index (χ0) is 25.9. The van der Waals surface area contributed by atoms with Crippen molar-refractivity contribution in [3.63, 3.8) is 0 Å². The highest BCUT2D eigenvalue weighted by Crippen LogP contribution is 2.28. The van der Waals surface area contributed by atoms with Crippen LogP contribution in [-0.2, 0) is 24.2 Å². The quantitative estimate of drug-likeness (QED) is 0.490. The molecule has 0 atom stereocenters. The number of aryl methyl sites for hydroxylation is 1. The molecule has 2 heterocycles. The van der Waals surface area contributed by atoms with E-state index in [1.54, 1.807) is 25.4 Å². The largest absolute Gasteiger partial charge is 0.573 e. The summed E-state index contributed by atoms with van der Waals surface area (Å²) in [6, 6.07) is 8.11. The van der Waals surface area contributed by atoms with Crippen molar-refractivity contribution in [2.45, 2.75) is 45.0 Å². The maximum absolute atomic E-state index is 13.1. The van der Waals surface area contributed by atoms with Gasteiger partial charge in [-0.05, 0) is 62.1 Å². The van der Waals surface area contributed by atoms with E-state index in [-0.39, 0.29) is 34.8 Å². The van der Waals surface area contributed by atoms with E-state index in [0.717, 1.165) is 23.2 Å². The van der Waals surface area contributed by atoms with E-state index >= 15 is 0 Å². The number of carbonyl (C=O) groups excluding carboxylic acids is 1. The van der Waals surface area contributed by atoms with Crippen LogP contribution in [0.1, 0.15) is 30.4 Å². The van der Waals surface area contributed by atoms with Crippen molar-refractivity contribution in [2.75, 3.05) is 12.4 Å². The Labute approximate surface area is 203 Å². The highest BCUT2D eigenvalue weighted by Gasteiger charge is 2.31. The third kappa shape index (κ3) is 5.58. The number of amides is 1. The number of rotatable bonds is 8. The Kier molecular flexibility index (Phi) is 7.13. The predicted molar refractivity (Wildman–Crippen MR) is 126 cm³/mol. The number of alkyl halides is 3. The zero-order valence-corrected chi connectivity index (χ0v) is 19.4. The first-order valence-corrected chi connectivity index (χ1v) is 11.3. The number of hydrogen-bond donors (Lipinski definition) is 2. The fraction of sp³-hybridized carbons (Fsp3) is 0.333. The van der Waals surface area contributed by atoms with Crippen LogP contribution < -0.4 is 26.5 Å². The summed E-state index contributed by atoms with van der Waals surface area (Å²) in [6.07, 6.45) is -0.566. The number of ether oxygens (including phenoxy) is 1. The van der Waals surface area contributed by atoms with Crippen molar-refractivity contribution < 1.29 is 22.7 Å². The molecule has 0 saturated heterocycles. The molecule has 0 fully saturated rings. The minimum absolute atomic E-state index is 0.114. The van der Waals surface area contributed by atoms with Crippen LogP contribution in [0.25, 0.3) is 5.69 Å². The number of carbonyl (C=O) groups is 1. The Bertz CT molecular complexity index is 1380. The molecule has 0 bridgehead atoms. The number of fused-ring (bicyclic) bond motifs is 1. The number of halogens is 3. The van der Waals surface area contributed by atoms with Crippen molar-refractivity contribution >= 4 is 17.4 Å². The summed E-state index contributed by atoms with van der Waals surface area (Å²) >= 11 is 0. The lowest BCUT2D eigenvalue weighted by molar-refractivity contribution is -0.274. The summed E-state index contributed by atoms with van der Waals surface area (Å²) in [5.74, 6) is -0.199. The first kappa shape index (κ1) is 25.0. The van der Waals surface area contributed by atoms with Gasteiger partial charge in [-0.3, -0.25) is 14.4 Å². The lowest BCUT2D eigenvalue weighted by Crippen LogP contribution is -2.28. The van der Waals surface area contributed by atoms with E-state index in [1.165, 1.54) is 16.7 Å². The standard InChI is InChI=1S/C24H24F3N5O4/c1-28-20(33)8-4-14-31-13-3-7-19(23(31)35)29-21-17-5-2-6-18(17)22(34)32(30-21)15-9-11-16(12-10-15)36-24(25,26)27/h3,7,9-13H,2,4-6,8,14H2,1H3,(H,28,33)(H,29,30). The van der Waals surface area contributed by atoms with Crippen LogP contribution in [-0.4, -0.2) is 33.7 Å². The first-order chi connectivity index (χ1) is 17.2. The second-order valence-corrected chi connectivity index (χ2v) is 8.24. The molecule has 4 rings (SSSR count). The summed E-state index contributed by atoms with van der Waals surface area (Å²) in [7, 11) is 1.55. The van der Waals surface area contributed by atoms with Gasteiger partial charge >= 0.3 is 6.36 Å². The van der Waals surface area contributed by atoms with E-state index in [0.29, 0.717) is 42.8 Å². The Morgan fingerprint density at radius 3 is 2.50 bits per heavy atom. The smallest absolute Gasteiger partial charge is 0.406 e. The average molecular weight is 503 g/mol. The van der Waals surface area contributed by atoms with Gasteiger partial charge in [-0.2, -0.15) is 4.68 Å². The lowest BCUT2D eigenvalue weighted by atomic mass is 10.2. The second-order valence-electron chi connectivity index (χ2n) is 8.24. The van der Waals surface area contributed by atoms with Crippen molar-refractivity contribution in [3.05, 3.63) is 74.4 Å². The van der Waals surface area contributed by atoms with Gasteiger partial charge < -0.3 is 19.9 Å². The third-order valence-electron chi connectivity index (χ3n) is 5.82. The molecule has 2 N–H and O–H groups in total. The molecule has 1 aromatic carbocycles. The summed E-state index contributed by atoms with van der Waals surface area (Å²) in [4.78, 5) is 37.5. The van der Waals surface area contributed by atoms with Crippen LogP contribution >= 0.6 is 0 Å². The van der Waals surface area contributed by atoms with Gasteiger partial charge in [-0.25, -0.2) is 0 Å². The molecule has 0 aliphatic heterocycles. The van der Waals surface area contributed by atoms with Crippen molar-refractivity contribution in [2.24, 2.45) is 0 Å².